The summed E-state index contributed by atoms with van der Waals surface area (Å²) in [5.41, 5.74) is 2.50. The number of rotatable bonds is 1. The minimum Gasteiger partial charge on any atom is -0.335 e. The molecular formula is C15H16N2O2. The maximum absolute atomic E-state index is 12.5. The molecular weight excluding hydrogens is 240 g/mol. The van der Waals surface area contributed by atoms with E-state index in [1.165, 1.54) is 12.8 Å². The number of carbonyl (C=O) groups is 2. The van der Waals surface area contributed by atoms with Crippen LogP contribution in [0.25, 0.3) is 0 Å². The summed E-state index contributed by atoms with van der Waals surface area (Å²) >= 11 is 0. The Labute approximate surface area is 111 Å². The van der Waals surface area contributed by atoms with Gasteiger partial charge < -0.3 is 10.2 Å². The largest absolute Gasteiger partial charge is 0.335 e. The number of nitrogens with one attached hydrogen (secondary N) is 1. The molecule has 2 amide bonds. The average molecular weight is 256 g/mol. The van der Waals surface area contributed by atoms with Crippen LogP contribution in [0.5, 0.6) is 0 Å². The minimum absolute atomic E-state index is 0.0137. The molecule has 3 aliphatic rings. The van der Waals surface area contributed by atoms with Gasteiger partial charge in [0.05, 0.1) is 6.42 Å². The number of fused-ring (bicyclic) bond motifs is 3. The Hall–Kier alpha value is -1.84. The normalized spacial score (nSPS) is 27.6. The zero-order valence-electron chi connectivity index (χ0n) is 10.7. The second-order valence-electron chi connectivity index (χ2n) is 5.89. The van der Waals surface area contributed by atoms with Crippen molar-refractivity contribution in [3.63, 3.8) is 0 Å². The van der Waals surface area contributed by atoms with Gasteiger partial charge in [0.25, 0.3) is 5.91 Å². The summed E-state index contributed by atoms with van der Waals surface area (Å²) in [5.74, 6) is 0.846. The first kappa shape index (κ1) is 11.0. The summed E-state index contributed by atoms with van der Waals surface area (Å²) in [7, 11) is 0. The van der Waals surface area contributed by atoms with Gasteiger partial charge in [0, 0.05) is 23.8 Å². The lowest BCUT2D eigenvalue weighted by Crippen LogP contribution is -2.37. The van der Waals surface area contributed by atoms with Gasteiger partial charge in [0.1, 0.15) is 0 Å². The monoisotopic (exact) mass is 256 g/mol. The fourth-order valence-electron chi connectivity index (χ4n) is 3.69. The van der Waals surface area contributed by atoms with Crippen LogP contribution in [0.4, 0.5) is 5.69 Å². The maximum atomic E-state index is 12.5. The highest BCUT2D eigenvalue weighted by atomic mass is 16.2. The van der Waals surface area contributed by atoms with E-state index in [9.17, 15) is 9.59 Å². The topological polar surface area (TPSA) is 49.4 Å². The second-order valence-corrected chi connectivity index (χ2v) is 5.89. The SMILES string of the molecule is O=C1Cc2ccc(C(=O)N3CC4CCC3C4)cc2N1. The van der Waals surface area contributed by atoms with Crippen LogP contribution in [0.15, 0.2) is 18.2 Å². The Bertz CT molecular complexity index is 582. The fourth-order valence-corrected chi connectivity index (χ4v) is 3.69. The van der Waals surface area contributed by atoms with Gasteiger partial charge in [-0.2, -0.15) is 0 Å². The van der Waals surface area contributed by atoms with E-state index in [1.54, 1.807) is 0 Å². The highest BCUT2D eigenvalue weighted by Gasteiger charge is 2.40. The van der Waals surface area contributed by atoms with Gasteiger partial charge in [-0.3, -0.25) is 9.59 Å². The number of benzene rings is 1. The standard InChI is InChI=1S/C15H16N2O2/c18-14-7-10-2-3-11(6-13(10)16-14)15(19)17-8-9-1-4-12(17)5-9/h2-3,6,9,12H,1,4-5,7-8H2,(H,16,18). The van der Waals surface area contributed by atoms with Crippen LogP contribution in [0, 0.1) is 5.92 Å². The summed E-state index contributed by atoms with van der Waals surface area (Å²) in [5, 5.41) is 2.81. The Morgan fingerprint density at radius 1 is 1.32 bits per heavy atom. The molecule has 0 spiro atoms. The van der Waals surface area contributed by atoms with Crippen LogP contribution < -0.4 is 5.32 Å². The summed E-state index contributed by atoms with van der Waals surface area (Å²) in [6.45, 7) is 0.910. The predicted octanol–water partition coefficient (Wildman–Crippen LogP) is 1.81. The van der Waals surface area contributed by atoms with Gasteiger partial charge >= 0.3 is 0 Å². The van der Waals surface area contributed by atoms with Gasteiger partial charge in [-0.05, 0) is 42.9 Å². The number of hydrogen-bond donors (Lipinski definition) is 1. The maximum Gasteiger partial charge on any atom is 0.254 e. The first-order valence-corrected chi connectivity index (χ1v) is 6.94. The quantitative estimate of drug-likeness (QED) is 0.833. The Balaban J connectivity index is 1.61. The van der Waals surface area contributed by atoms with E-state index < -0.39 is 0 Å². The molecule has 1 N–H and O–H groups in total. The molecule has 2 aliphatic heterocycles. The number of nitrogens with zero attached hydrogens (tertiary/aromatic N) is 1. The van der Waals surface area contributed by atoms with E-state index >= 15 is 0 Å². The van der Waals surface area contributed by atoms with Crippen molar-refractivity contribution in [2.24, 2.45) is 5.92 Å². The lowest BCUT2D eigenvalue weighted by molar-refractivity contribution is -0.115. The molecule has 2 fully saturated rings. The zero-order chi connectivity index (χ0) is 13.0. The van der Waals surface area contributed by atoms with Crippen molar-refractivity contribution in [3.05, 3.63) is 29.3 Å². The van der Waals surface area contributed by atoms with Gasteiger partial charge in [-0.1, -0.05) is 6.07 Å². The molecule has 2 bridgehead atoms. The molecule has 1 saturated heterocycles. The van der Waals surface area contributed by atoms with E-state index in [2.05, 4.69) is 5.32 Å². The predicted molar refractivity (Wildman–Crippen MR) is 70.9 cm³/mol. The summed E-state index contributed by atoms with van der Waals surface area (Å²) in [6, 6.07) is 6.02. The van der Waals surface area contributed by atoms with E-state index in [0.717, 1.165) is 24.2 Å². The third-order valence-corrected chi connectivity index (χ3v) is 4.65. The van der Waals surface area contributed by atoms with Crippen LogP contribution in [0.3, 0.4) is 0 Å². The molecule has 1 aliphatic carbocycles. The van der Waals surface area contributed by atoms with Crippen molar-refractivity contribution in [2.75, 3.05) is 11.9 Å². The number of amides is 2. The Morgan fingerprint density at radius 2 is 2.21 bits per heavy atom. The summed E-state index contributed by atoms with van der Waals surface area (Å²) < 4.78 is 0. The zero-order valence-corrected chi connectivity index (χ0v) is 10.7. The lowest BCUT2D eigenvalue weighted by Gasteiger charge is -2.27. The van der Waals surface area contributed by atoms with Gasteiger partial charge in [0.2, 0.25) is 5.91 Å². The Kier molecular flexibility index (Phi) is 2.22. The molecule has 2 atom stereocenters. The molecule has 98 valence electrons. The lowest BCUT2D eigenvalue weighted by atomic mass is 10.1. The second kappa shape index (κ2) is 3.83. The third-order valence-electron chi connectivity index (χ3n) is 4.65. The highest BCUT2D eigenvalue weighted by Crippen LogP contribution is 2.38. The highest BCUT2D eigenvalue weighted by molar-refractivity contribution is 6.02. The van der Waals surface area contributed by atoms with E-state index in [-0.39, 0.29) is 11.8 Å². The molecule has 4 nitrogen and oxygen atoms in total. The molecule has 0 radical (unpaired) electrons. The van der Waals surface area contributed by atoms with Crippen LogP contribution in [-0.2, 0) is 11.2 Å². The summed E-state index contributed by atoms with van der Waals surface area (Å²) in [4.78, 5) is 25.9. The molecule has 1 aromatic carbocycles. The van der Waals surface area contributed by atoms with Crippen molar-refractivity contribution < 1.29 is 9.59 Å². The molecule has 2 unspecified atom stereocenters. The number of anilines is 1. The van der Waals surface area contributed by atoms with Gasteiger partial charge in [-0.25, -0.2) is 0 Å². The molecule has 4 rings (SSSR count). The van der Waals surface area contributed by atoms with Crippen LogP contribution in [-0.4, -0.2) is 29.3 Å². The van der Waals surface area contributed by atoms with Gasteiger partial charge in [0.15, 0.2) is 0 Å². The van der Waals surface area contributed by atoms with Crippen molar-refractivity contribution in [3.8, 4) is 0 Å². The first-order chi connectivity index (χ1) is 9.20. The minimum atomic E-state index is 0.0137. The average Bonchev–Trinajstić information content (AvgIpc) is 3.09. The van der Waals surface area contributed by atoms with Gasteiger partial charge in [-0.15, -0.1) is 0 Å². The smallest absolute Gasteiger partial charge is 0.254 e. The summed E-state index contributed by atoms with van der Waals surface area (Å²) in [6.07, 6.45) is 4.03. The van der Waals surface area contributed by atoms with Crippen molar-refractivity contribution >= 4 is 17.5 Å². The molecule has 1 aromatic rings. The Morgan fingerprint density at radius 3 is 2.95 bits per heavy atom. The van der Waals surface area contributed by atoms with Crippen LogP contribution in [0.2, 0.25) is 0 Å². The number of piperidine rings is 1. The molecule has 0 aromatic heterocycles. The van der Waals surface area contributed by atoms with E-state index in [4.69, 9.17) is 0 Å². The third kappa shape index (κ3) is 1.66. The van der Waals surface area contributed by atoms with Crippen LogP contribution >= 0.6 is 0 Å². The molecule has 2 heterocycles. The van der Waals surface area contributed by atoms with E-state index in [1.807, 2.05) is 23.1 Å². The van der Waals surface area contributed by atoms with Crippen molar-refractivity contribution in [1.82, 2.24) is 4.90 Å². The first-order valence-electron chi connectivity index (χ1n) is 6.94. The van der Waals surface area contributed by atoms with Crippen molar-refractivity contribution in [1.29, 1.82) is 0 Å². The van der Waals surface area contributed by atoms with Crippen LogP contribution in [0.1, 0.15) is 35.2 Å². The van der Waals surface area contributed by atoms with E-state index in [0.29, 0.717) is 23.9 Å². The number of likely N-dealkylation sites (tertiary alicyclic amines) is 1. The number of carbonyl (C=O) groups excluding carboxylic acids is 2. The van der Waals surface area contributed by atoms with Crippen molar-refractivity contribution in [2.45, 2.75) is 31.7 Å². The number of hydrogen-bond acceptors (Lipinski definition) is 2. The fraction of sp³-hybridized carbons (Fsp3) is 0.467. The molecule has 4 heteroatoms. The molecule has 19 heavy (non-hydrogen) atoms. The molecule has 1 saturated carbocycles.